The molecule has 0 radical (unpaired) electrons. The van der Waals surface area contributed by atoms with Crippen molar-refractivity contribution in [3.05, 3.63) is 11.3 Å². The predicted molar refractivity (Wildman–Crippen MR) is 53.9 cm³/mol. The fourth-order valence-electron chi connectivity index (χ4n) is 0.877. The Bertz CT molecular complexity index is 173. The van der Waals surface area contributed by atoms with Crippen molar-refractivity contribution < 1.29 is 9.53 Å². The van der Waals surface area contributed by atoms with Gasteiger partial charge < -0.3 is 4.74 Å². The summed E-state index contributed by atoms with van der Waals surface area (Å²) in [6, 6.07) is 0. The Kier molecular flexibility index (Phi) is 5.71. The van der Waals surface area contributed by atoms with Gasteiger partial charge in [0.05, 0.1) is 15.4 Å². The summed E-state index contributed by atoms with van der Waals surface area (Å²) in [5, 5.41) is 0. The maximum atomic E-state index is 11.2. The second-order valence-electron chi connectivity index (χ2n) is 3.23. The van der Waals surface area contributed by atoms with Gasteiger partial charge in [0, 0.05) is 5.57 Å². The maximum absolute atomic E-state index is 11.2. The van der Waals surface area contributed by atoms with Gasteiger partial charge in [-0.2, -0.15) is 0 Å². The van der Waals surface area contributed by atoms with Crippen LogP contribution in [-0.2, 0) is 9.53 Å². The van der Waals surface area contributed by atoms with Gasteiger partial charge in [-0.05, 0) is 13.3 Å². The van der Waals surface area contributed by atoms with Gasteiger partial charge in [-0.25, -0.2) is 4.79 Å². The third-order valence-corrected chi connectivity index (χ3v) is 2.51. The van der Waals surface area contributed by atoms with Crippen molar-refractivity contribution in [3.8, 4) is 0 Å². The summed E-state index contributed by atoms with van der Waals surface area (Å²) in [6.07, 6.45) is 0.887. The lowest BCUT2D eigenvalue weighted by atomic mass is 10.4. The lowest BCUT2D eigenvalue weighted by Crippen LogP contribution is -2.09. The van der Waals surface area contributed by atoms with Gasteiger partial charge >= 0.3 is 5.97 Å². The second kappa shape index (κ2) is 6.00. The summed E-state index contributed by atoms with van der Waals surface area (Å²) in [7, 11) is -0.781. The van der Waals surface area contributed by atoms with Gasteiger partial charge in [0.1, 0.15) is 0 Å². The number of hydrogen-bond donors (Lipinski definition) is 0. The van der Waals surface area contributed by atoms with Crippen molar-refractivity contribution in [3.63, 3.8) is 0 Å². The van der Waals surface area contributed by atoms with Gasteiger partial charge in [-0.1, -0.05) is 25.7 Å². The minimum Gasteiger partial charge on any atom is -0.462 e. The van der Waals surface area contributed by atoms with E-state index in [4.69, 9.17) is 4.74 Å². The highest BCUT2D eigenvalue weighted by atomic mass is 28.3. The van der Waals surface area contributed by atoms with Crippen molar-refractivity contribution in [1.82, 2.24) is 0 Å². The first-order valence-electron chi connectivity index (χ1n) is 4.43. The van der Waals surface area contributed by atoms with Crippen LogP contribution in [0, 0.1) is 0 Å². The van der Waals surface area contributed by atoms with E-state index in [0.717, 1.165) is 12.0 Å². The first-order chi connectivity index (χ1) is 5.57. The van der Waals surface area contributed by atoms with Gasteiger partial charge in [-0.15, -0.1) is 0 Å². The molecule has 0 spiro atoms. The Morgan fingerprint density at radius 2 is 2.08 bits per heavy atom. The molecule has 0 aromatic rings. The standard InChI is InChI=1S/C9H18O2Si/c1-5-6-11-9(10)8(2)7-12(3)4/h7,12H,5-6H2,1-4H3. The molecule has 0 aliphatic rings. The van der Waals surface area contributed by atoms with Crippen LogP contribution in [0.3, 0.4) is 0 Å². The normalized spacial score (nSPS) is 11.9. The Labute approximate surface area is 76.2 Å². The summed E-state index contributed by atoms with van der Waals surface area (Å²) in [6.45, 7) is 8.70. The van der Waals surface area contributed by atoms with Crippen molar-refractivity contribution in [2.45, 2.75) is 33.4 Å². The average Bonchev–Trinajstić information content (AvgIpc) is 1.98. The van der Waals surface area contributed by atoms with E-state index < -0.39 is 8.80 Å². The molecule has 3 heteroatoms. The molecular formula is C9H18O2Si. The van der Waals surface area contributed by atoms with E-state index in [-0.39, 0.29) is 5.97 Å². The zero-order valence-electron chi connectivity index (χ0n) is 8.39. The van der Waals surface area contributed by atoms with Gasteiger partial charge in [-0.3, -0.25) is 0 Å². The van der Waals surface area contributed by atoms with E-state index >= 15 is 0 Å². The van der Waals surface area contributed by atoms with Crippen LogP contribution in [0.2, 0.25) is 13.1 Å². The molecule has 0 bridgehead atoms. The number of esters is 1. The molecular weight excluding hydrogens is 168 g/mol. The Morgan fingerprint density at radius 3 is 2.50 bits per heavy atom. The van der Waals surface area contributed by atoms with Crippen molar-refractivity contribution >= 4 is 14.8 Å². The third kappa shape index (κ3) is 5.13. The molecule has 0 aromatic carbocycles. The minimum absolute atomic E-state index is 0.155. The largest absolute Gasteiger partial charge is 0.462 e. The summed E-state index contributed by atoms with van der Waals surface area (Å²) >= 11 is 0. The molecule has 12 heavy (non-hydrogen) atoms. The molecule has 0 aliphatic heterocycles. The monoisotopic (exact) mass is 186 g/mol. The molecule has 2 nitrogen and oxygen atoms in total. The van der Waals surface area contributed by atoms with Crippen LogP contribution in [0.5, 0.6) is 0 Å². The van der Waals surface area contributed by atoms with E-state index in [0.29, 0.717) is 6.61 Å². The van der Waals surface area contributed by atoms with Crippen molar-refractivity contribution in [2.75, 3.05) is 6.61 Å². The lowest BCUT2D eigenvalue weighted by molar-refractivity contribution is -0.138. The summed E-state index contributed by atoms with van der Waals surface area (Å²) in [5.74, 6) is -0.155. The summed E-state index contributed by atoms with van der Waals surface area (Å²) in [5.41, 5.74) is 2.82. The van der Waals surface area contributed by atoms with E-state index in [2.05, 4.69) is 18.8 Å². The minimum atomic E-state index is -0.781. The number of hydrogen-bond acceptors (Lipinski definition) is 2. The molecule has 0 saturated heterocycles. The van der Waals surface area contributed by atoms with E-state index in [9.17, 15) is 4.79 Å². The average molecular weight is 186 g/mol. The quantitative estimate of drug-likeness (QED) is 0.381. The van der Waals surface area contributed by atoms with Crippen LogP contribution in [0.1, 0.15) is 20.3 Å². The zero-order chi connectivity index (χ0) is 9.56. The Hall–Kier alpha value is -0.573. The molecule has 0 amide bonds. The van der Waals surface area contributed by atoms with E-state index in [1.807, 2.05) is 13.8 Å². The topological polar surface area (TPSA) is 26.3 Å². The fourth-order valence-corrected chi connectivity index (χ4v) is 2.01. The van der Waals surface area contributed by atoms with Gasteiger partial charge in [0.15, 0.2) is 0 Å². The molecule has 0 heterocycles. The maximum Gasteiger partial charge on any atom is 0.332 e. The van der Waals surface area contributed by atoms with Gasteiger partial charge in [0.25, 0.3) is 0 Å². The highest BCUT2D eigenvalue weighted by molar-refractivity contribution is 6.61. The van der Waals surface area contributed by atoms with Crippen LogP contribution < -0.4 is 0 Å². The predicted octanol–water partition coefficient (Wildman–Crippen LogP) is 1.91. The third-order valence-electron chi connectivity index (χ3n) is 1.34. The smallest absolute Gasteiger partial charge is 0.332 e. The summed E-state index contributed by atoms with van der Waals surface area (Å²) < 4.78 is 4.97. The van der Waals surface area contributed by atoms with Crippen LogP contribution in [0.25, 0.3) is 0 Å². The first kappa shape index (κ1) is 11.4. The van der Waals surface area contributed by atoms with Crippen molar-refractivity contribution in [2.24, 2.45) is 0 Å². The highest BCUT2D eigenvalue weighted by Crippen LogP contribution is 1.99. The van der Waals surface area contributed by atoms with Crippen LogP contribution >= 0.6 is 0 Å². The molecule has 0 aliphatic carbocycles. The molecule has 70 valence electrons. The van der Waals surface area contributed by atoms with E-state index in [1.165, 1.54) is 0 Å². The van der Waals surface area contributed by atoms with Crippen LogP contribution in [-0.4, -0.2) is 21.4 Å². The Morgan fingerprint density at radius 1 is 1.50 bits per heavy atom. The second-order valence-corrected chi connectivity index (χ2v) is 6.05. The van der Waals surface area contributed by atoms with Crippen LogP contribution in [0.15, 0.2) is 11.3 Å². The SMILES string of the molecule is CCCOC(=O)C(C)=C[SiH](C)C. The molecule has 0 atom stereocenters. The van der Waals surface area contributed by atoms with E-state index in [1.54, 1.807) is 0 Å². The molecule has 0 rings (SSSR count). The lowest BCUT2D eigenvalue weighted by Gasteiger charge is -2.03. The summed E-state index contributed by atoms with van der Waals surface area (Å²) in [4.78, 5) is 11.2. The number of carbonyl (C=O) groups excluding carboxylic acids is 1. The van der Waals surface area contributed by atoms with Crippen molar-refractivity contribution in [1.29, 1.82) is 0 Å². The number of ether oxygens (including phenoxy) is 1. The first-order valence-corrected chi connectivity index (χ1v) is 7.41. The molecule has 0 unspecified atom stereocenters. The van der Waals surface area contributed by atoms with Gasteiger partial charge in [0.2, 0.25) is 0 Å². The van der Waals surface area contributed by atoms with Crippen LogP contribution in [0.4, 0.5) is 0 Å². The zero-order valence-corrected chi connectivity index (χ0v) is 9.54. The molecule has 0 fully saturated rings. The highest BCUT2D eigenvalue weighted by Gasteiger charge is 2.04. The molecule has 0 N–H and O–H groups in total. The number of rotatable bonds is 4. The fraction of sp³-hybridized carbons (Fsp3) is 0.667. The Balaban J connectivity index is 3.92. The number of carbonyl (C=O) groups is 1. The molecule has 0 saturated carbocycles. The molecule has 0 aromatic heterocycles.